The Hall–Kier alpha value is -1.03. The lowest BCUT2D eigenvalue weighted by molar-refractivity contribution is 1.42. The maximum absolute atomic E-state index is 8.60. The molecule has 1 aromatic carbocycles. The van der Waals surface area contributed by atoms with E-state index < -0.39 is 0 Å². The van der Waals surface area contributed by atoms with E-state index in [0.717, 1.165) is 0 Å². The molecule has 0 amide bonds. The Morgan fingerprint density at radius 1 is 1.17 bits per heavy atom. The van der Waals surface area contributed by atoms with Crippen molar-refractivity contribution in [2.24, 2.45) is 0 Å². The van der Waals surface area contributed by atoms with E-state index in [-0.39, 0.29) is 0 Å². The molecule has 4 heteroatoms. The van der Waals surface area contributed by atoms with Gasteiger partial charge in [0.1, 0.15) is 12.1 Å². The molecule has 0 aliphatic heterocycles. The molecule has 0 saturated heterocycles. The van der Waals surface area contributed by atoms with Crippen LogP contribution in [0.3, 0.4) is 0 Å². The van der Waals surface area contributed by atoms with Crippen LogP contribution >= 0.6 is 27.5 Å². The average Bonchev–Trinajstić information content (AvgIpc) is 2.09. The van der Waals surface area contributed by atoms with Gasteiger partial charge in [-0.2, -0.15) is 10.5 Å². The van der Waals surface area contributed by atoms with Crippen LogP contribution in [-0.2, 0) is 0 Å². The van der Waals surface area contributed by atoms with Crippen molar-refractivity contribution in [3.63, 3.8) is 0 Å². The fourth-order valence-corrected chi connectivity index (χ4v) is 1.24. The SMILES string of the molecule is N#Cc1cc(Cl)c(Br)cc1C#N. The van der Waals surface area contributed by atoms with Crippen LogP contribution in [0, 0.1) is 22.7 Å². The molecule has 0 spiro atoms. The van der Waals surface area contributed by atoms with E-state index in [1.54, 1.807) is 0 Å². The monoisotopic (exact) mass is 240 g/mol. The zero-order chi connectivity index (χ0) is 9.14. The molecule has 2 nitrogen and oxygen atoms in total. The number of halogens is 2. The summed E-state index contributed by atoms with van der Waals surface area (Å²) in [4.78, 5) is 0. The summed E-state index contributed by atoms with van der Waals surface area (Å²) in [5.41, 5.74) is 0.625. The summed E-state index contributed by atoms with van der Waals surface area (Å²) in [5.74, 6) is 0. The first-order chi connectivity index (χ1) is 5.69. The minimum absolute atomic E-state index is 0.297. The van der Waals surface area contributed by atoms with Crippen LogP contribution in [0.2, 0.25) is 5.02 Å². The van der Waals surface area contributed by atoms with Crippen molar-refractivity contribution in [3.8, 4) is 12.1 Å². The summed E-state index contributed by atoms with van der Waals surface area (Å²) < 4.78 is 0.625. The molecule has 0 radical (unpaired) electrons. The molecule has 0 atom stereocenters. The normalized spacial score (nSPS) is 8.67. The topological polar surface area (TPSA) is 47.6 Å². The largest absolute Gasteiger partial charge is 0.192 e. The Bertz CT molecular complexity index is 362. The van der Waals surface area contributed by atoms with Crippen molar-refractivity contribution in [3.05, 3.63) is 32.8 Å². The molecule has 0 aromatic heterocycles. The highest BCUT2D eigenvalue weighted by atomic mass is 79.9. The van der Waals surface area contributed by atoms with E-state index in [0.29, 0.717) is 20.6 Å². The smallest absolute Gasteiger partial charge is 0.101 e. The molecule has 0 unspecified atom stereocenters. The van der Waals surface area contributed by atoms with Crippen LogP contribution in [0.1, 0.15) is 11.1 Å². The van der Waals surface area contributed by atoms with Crippen molar-refractivity contribution < 1.29 is 0 Å². The second kappa shape index (κ2) is 3.58. The summed E-state index contributed by atoms with van der Waals surface area (Å²) >= 11 is 8.87. The zero-order valence-electron chi connectivity index (χ0n) is 5.81. The van der Waals surface area contributed by atoms with Crippen LogP contribution < -0.4 is 0 Å². The number of nitriles is 2. The maximum atomic E-state index is 8.60. The molecule has 58 valence electrons. The Morgan fingerprint density at radius 2 is 1.67 bits per heavy atom. The number of nitrogens with zero attached hydrogens (tertiary/aromatic N) is 2. The molecular formula is C8H2BrClN2. The Balaban J connectivity index is 3.44. The van der Waals surface area contributed by atoms with Gasteiger partial charge in [0.15, 0.2) is 0 Å². The van der Waals surface area contributed by atoms with E-state index in [9.17, 15) is 0 Å². The van der Waals surface area contributed by atoms with Crippen LogP contribution in [0.5, 0.6) is 0 Å². The van der Waals surface area contributed by atoms with Crippen molar-refractivity contribution in [2.45, 2.75) is 0 Å². The third kappa shape index (κ3) is 1.58. The fourth-order valence-electron chi connectivity index (χ4n) is 0.732. The highest BCUT2D eigenvalue weighted by Gasteiger charge is 2.05. The molecule has 1 rings (SSSR count). The van der Waals surface area contributed by atoms with Crippen LogP contribution in [-0.4, -0.2) is 0 Å². The Kier molecular flexibility index (Phi) is 2.70. The molecule has 0 N–H and O–H groups in total. The van der Waals surface area contributed by atoms with Gasteiger partial charge in [-0.1, -0.05) is 11.6 Å². The summed E-state index contributed by atoms with van der Waals surface area (Å²) in [5, 5.41) is 17.6. The average molecular weight is 241 g/mol. The molecule has 0 aliphatic carbocycles. The second-order valence-electron chi connectivity index (χ2n) is 2.04. The molecular weight excluding hydrogens is 239 g/mol. The zero-order valence-corrected chi connectivity index (χ0v) is 8.15. The summed E-state index contributed by atoms with van der Waals surface area (Å²) in [6.07, 6.45) is 0. The third-order valence-corrected chi connectivity index (χ3v) is 2.50. The molecule has 0 saturated carbocycles. The minimum atomic E-state index is 0.297. The van der Waals surface area contributed by atoms with E-state index >= 15 is 0 Å². The second-order valence-corrected chi connectivity index (χ2v) is 3.30. The number of hydrogen-bond donors (Lipinski definition) is 0. The maximum Gasteiger partial charge on any atom is 0.101 e. The van der Waals surface area contributed by atoms with Crippen LogP contribution in [0.4, 0.5) is 0 Å². The predicted octanol–water partition coefficient (Wildman–Crippen LogP) is 2.85. The van der Waals surface area contributed by atoms with E-state index in [4.69, 9.17) is 22.1 Å². The number of hydrogen-bond acceptors (Lipinski definition) is 2. The number of benzene rings is 1. The first-order valence-corrected chi connectivity index (χ1v) is 4.15. The van der Waals surface area contributed by atoms with Gasteiger partial charge < -0.3 is 0 Å². The molecule has 1 aromatic rings. The molecule has 12 heavy (non-hydrogen) atoms. The Morgan fingerprint density at radius 3 is 2.17 bits per heavy atom. The van der Waals surface area contributed by atoms with Crippen molar-refractivity contribution >= 4 is 27.5 Å². The van der Waals surface area contributed by atoms with Gasteiger partial charge in [-0.3, -0.25) is 0 Å². The summed E-state index contributed by atoms with van der Waals surface area (Å²) in [7, 11) is 0. The van der Waals surface area contributed by atoms with Gasteiger partial charge in [0.2, 0.25) is 0 Å². The quantitative estimate of drug-likeness (QED) is 0.701. The summed E-state index contributed by atoms with van der Waals surface area (Å²) in [6.45, 7) is 0. The molecule has 0 aliphatic rings. The standard InChI is InChI=1S/C8H2BrClN2/c9-7-1-5(3-11)6(4-12)2-8(7)10/h1-2H. The highest BCUT2D eigenvalue weighted by Crippen LogP contribution is 2.25. The molecule has 0 bridgehead atoms. The van der Waals surface area contributed by atoms with Gasteiger partial charge in [-0.05, 0) is 28.1 Å². The lowest BCUT2D eigenvalue weighted by atomic mass is 10.1. The van der Waals surface area contributed by atoms with E-state index in [2.05, 4.69) is 15.9 Å². The third-order valence-electron chi connectivity index (χ3n) is 1.30. The highest BCUT2D eigenvalue weighted by molar-refractivity contribution is 9.10. The van der Waals surface area contributed by atoms with Crippen molar-refractivity contribution in [1.82, 2.24) is 0 Å². The first kappa shape index (κ1) is 9.06. The lowest BCUT2D eigenvalue weighted by Gasteiger charge is -1.97. The van der Waals surface area contributed by atoms with Gasteiger partial charge in [0.05, 0.1) is 16.1 Å². The molecule has 0 fully saturated rings. The molecule has 0 heterocycles. The fraction of sp³-hybridized carbons (Fsp3) is 0. The van der Waals surface area contributed by atoms with Gasteiger partial charge in [0.25, 0.3) is 0 Å². The lowest BCUT2D eigenvalue weighted by Crippen LogP contribution is -1.83. The van der Waals surface area contributed by atoms with Gasteiger partial charge in [-0.25, -0.2) is 0 Å². The minimum Gasteiger partial charge on any atom is -0.192 e. The summed E-state index contributed by atoms with van der Waals surface area (Å²) in [6, 6.07) is 6.78. The van der Waals surface area contributed by atoms with Crippen LogP contribution in [0.25, 0.3) is 0 Å². The van der Waals surface area contributed by atoms with Crippen molar-refractivity contribution in [2.75, 3.05) is 0 Å². The van der Waals surface area contributed by atoms with E-state index in [1.165, 1.54) is 12.1 Å². The van der Waals surface area contributed by atoms with Gasteiger partial charge in [-0.15, -0.1) is 0 Å². The first-order valence-electron chi connectivity index (χ1n) is 2.98. The van der Waals surface area contributed by atoms with Gasteiger partial charge >= 0.3 is 0 Å². The Labute approximate surface area is 83.1 Å². The predicted molar refractivity (Wildman–Crippen MR) is 48.6 cm³/mol. The number of rotatable bonds is 0. The van der Waals surface area contributed by atoms with E-state index in [1.807, 2.05) is 12.1 Å². The van der Waals surface area contributed by atoms with Gasteiger partial charge in [0, 0.05) is 4.47 Å². The van der Waals surface area contributed by atoms with Crippen LogP contribution in [0.15, 0.2) is 16.6 Å². The van der Waals surface area contributed by atoms with Crippen molar-refractivity contribution in [1.29, 1.82) is 10.5 Å².